The van der Waals surface area contributed by atoms with Crippen LogP contribution < -0.4 is 5.32 Å². The van der Waals surface area contributed by atoms with E-state index in [1.807, 2.05) is 0 Å². The number of piperidine rings is 1. The minimum absolute atomic E-state index is 0.753. The maximum Gasteiger partial charge on any atom is 0.0593 e. The third-order valence-electron chi connectivity index (χ3n) is 4.33. The second-order valence-corrected chi connectivity index (χ2v) is 6.66. The molecule has 2 fully saturated rings. The average Bonchev–Trinajstić information content (AvgIpc) is 3.21. The Labute approximate surface area is 119 Å². The molecule has 0 radical (unpaired) electrons. The highest BCUT2D eigenvalue weighted by Crippen LogP contribution is 2.21. The summed E-state index contributed by atoms with van der Waals surface area (Å²) in [7, 11) is 0. The monoisotopic (exact) mass is 268 g/mol. The molecule has 1 saturated carbocycles. The first-order chi connectivity index (χ1) is 9.25. The smallest absolute Gasteiger partial charge is 0.0593 e. The number of hydrogen-bond donors (Lipinski definition) is 1. The summed E-state index contributed by atoms with van der Waals surface area (Å²) in [6.45, 7) is 9.93. The number of likely N-dealkylation sites (tertiary alicyclic amines) is 1. The Morgan fingerprint density at radius 3 is 2.74 bits per heavy atom. The lowest BCUT2D eigenvalue weighted by Gasteiger charge is -2.35. The highest BCUT2D eigenvalue weighted by molar-refractivity contribution is 4.85. The molecule has 1 heterocycles. The lowest BCUT2D eigenvalue weighted by molar-refractivity contribution is 0.0669. The molecular formula is C16H32N2O. The minimum atomic E-state index is 0.753. The third-order valence-corrected chi connectivity index (χ3v) is 4.33. The zero-order valence-corrected chi connectivity index (χ0v) is 12.9. The molecule has 3 heteroatoms. The number of nitrogens with zero attached hydrogens (tertiary/aromatic N) is 1. The second kappa shape index (κ2) is 8.23. The summed E-state index contributed by atoms with van der Waals surface area (Å²) in [6.07, 6.45) is 8.11. The Kier molecular flexibility index (Phi) is 6.62. The van der Waals surface area contributed by atoms with E-state index >= 15 is 0 Å². The van der Waals surface area contributed by atoms with Crippen molar-refractivity contribution in [1.29, 1.82) is 0 Å². The summed E-state index contributed by atoms with van der Waals surface area (Å²) in [6, 6.07) is 1.59. The van der Waals surface area contributed by atoms with Crippen LogP contribution in [0.5, 0.6) is 0 Å². The van der Waals surface area contributed by atoms with Crippen molar-refractivity contribution in [3.05, 3.63) is 0 Å². The maximum absolute atomic E-state index is 5.77. The summed E-state index contributed by atoms with van der Waals surface area (Å²) in [4.78, 5) is 2.65. The van der Waals surface area contributed by atoms with Crippen LogP contribution in [0.25, 0.3) is 0 Å². The first kappa shape index (κ1) is 15.3. The normalized spacial score (nSPS) is 25.1. The van der Waals surface area contributed by atoms with Gasteiger partial charge < -0.3 is 10.1 Å². The zero-order chi connectivity index (χ0) is 13.5. The molecule has 3 nitrogen and oxygen atoms in total. The van der Waals surface area contributed by atoms with E-state index in [0.29, 0.717) is 0 Å². The molecule has 1 aliphatic heterocycles. The number of ether oxygens (including phenoxy) is 1. The van der Waals surface area contributed by atoms with Crippen LogP contribution >= 0.6 is 0 Å². The Balaban J connectivity index is 1.58. The van der Waals surface area contributed by atoms with Crippen molar-refractivity contribution in [2.45, 2.75) is 64.5 Å². The molecule has 0 spiro atoms. The fourth-order valence-corrected chi connectivity index (χ4v) is 2.78. The number of rotatable bonds is 9. The van der Waals surface area contributed by atoms with Crippen molar-refractivity contribution in [2.75, 3.05) is 32.8 Å². The molecular weight excluding hydrogens is 236 g/mol. The Hall–Kier alpha value is -0.120. The second-order valence-electron chi connectivity index (χ2n) is 6.66. The van der Waals surface area contributed by atoms with Gasteiger partial charge in [-0.25, -0.2) is 0 Å². The maximum atomic E-state index is 5.77. The average molecular weight is 268 g/mol. The predicted octanol–water partition coefficient (Wildman–Crippen LogP) is 2.66. The van der Waals surface area contributed by atoms with Gasteiger partial charge in [-0.15, -0.1) is 0 Å². The summed E-state index contributed by atoms with van der Waals surface area (Å²) >= 11 is 0. The van der Waals surface area contributed by atoms with Crippen LogP contribution in [-0.2, 0) is 4.74 Å². The van der Waals surface area contributed by atoms with Gasteiger partial charge >= 0.3 is 0 Å². The molecule has 0 amide bonds. The molecule has 2 aliphatic rings. The van der Waals surface area contributed by atoms with Crippen LogP contribution in [0.4, 0.5) is 0 Å². The van der Waals surface area contributed by atoms with Crippen LogP contribution in [-0.4, -0.2) is 49.8 Å². The summed E-state index contributed by atoms with van der Waals surface area (Å²) in [5, 5.41) is 3.69. The molecule has 1 atom stereocenters. The lowest BCUT2D eigenvalue weighted by Crippen LogP contribution is -2.47. The van der Waals surface area contributed by atoms with Gasteiger partial charge in [0.2, 0.25) is 0 Å². The van der Waals surface area contributed by atoms with E-state index in [-0.39, 0.29) is 0 Å². The fourth-order valence-electron chi connectivity index (χ4n) is 2.78. The minimum Gasteiger partial charge on any atom is -0.380 e. The standard InChI is InChI=1S/C16H32N2O/c1-14(2)8-11-19-12-10-18-9-4-3-5-16(18)13-17-15-6-7-15/h14-17H,3-13H2,1-2H3. The van der Waals surface area contributed by atoms with E-state index in [4.69, 9.17) is 4.74 Å². The molecule has 2 rings (SSSR count). The van der Waals surface area contributed by atoms with E-state index in [0.717, 1.165) is 37.8 Å². The van der Waals surface area contributed by atoms with Crippen molar-refractivity contribution in [3.63, 3.8) is 0 Å². The van der Waals surface area contributed by atoms with E-state index in [1.165, 1.54) is 51.6 Å². The van der Waals surface area contributed by atoms with Crippen LogP contribution in [0, 0.1) is 5.92 Å². The highest BCUT2D eigenvalue weighted by atomic mass is 16.5. The van der Waals surface area contributed by atoms with Crippen LogP contribution in [0.2, 0.25) is 0 Å². The first-order valence-corrected chi connectivity index (χ1v) is 8.31. The lowest BCUT2D eigenvalue weighted by atomic mass is 10.0. The SMILES string of the molecule is CC(C)CCOCCN1CCCCC1CNC1CC1. The summed E-state index contributed by atoms with van der Waals surface area (Å²) < 4.78 is 5.77. The van der Waals surface area contributed by atoms with E-state index in [1.54, 1.807) is 0 Å². The molecule has 112 valence electrons. The van der Waals surface area contributed by atoms with E-state index in [2.05, 4.69) is 24.1 Å². The predicted molar refractivity (Wildman–Crippen MR) is 80.5 cm³/mol. The van der Waals surface area contributed by atoms with E-state index in [9.17, 15) is 0 Å². The quantitative estimate of drug-likeness (QED) is 0.651. The van der Waals surface area contributed by atoms with Gasteiger partial charge in [0, 0.05) is 31.8 Å². The van der Waals surface area contributed by atoms with Gasteiger partial charge in [-0.2, -0.15) is 0 Å². The van der Waals surface area contributed by atoms with Gasteiger partial charge in [0.15, 0.2) is 0 Å². The van der Waals surface area contributed by atoms with Crippen molar-refractivity contribution in [2.24, 2.45) is 5.92 Å². The van der Waals surface area contributed by atoms with Crippen molar-refractivity contribution < 1.29 is 4.74 Å². The van der Waals surface area contributed by atoms with Gasteiger partial charge in [-0.3, -0.25) is 4.90 Å². The highest BCUT2D eigenvalue weighted by Gasteiger charge is 2.26. The molecule has 0 bridgehead atoms. The van der Waals surface area contributed by atoms with Gasteiger partial charge in [-0.05, 0) is 44.6 Å². The number of nitrogens with one attached hydrogen (secondary N) is 1. The van der Waals surface area contributed by atoms with Crippen molar-refractivity contribution >= 4 is 0 Å². The van der Waals surface area contributed by atoms with Gasteiger partial charge in [0.05, 0.1) is 6.61 Å². The van der Waals surface area contributed by atoms with Crippen molar-refractivity contribution in [3.8, 4) is 0 Å². The molecule has 1 N–H and O–H groups in total. The molecule has 0 aromatic rings. The fraction of sp³-hybridized carbons (Fsp3) is 1.00. The van der Waals surface area contributed by atoms with Crippen LogP contribution in [0.3, 0.4) is 0 Å². The Morgan fingerprint density at radius 2 is 2.00 bits per heavy atom. The molecule has 1 unspecified atom stereocenters. The number of hydrogen-bond acceptors (Lipinski definition) is 3. The van der Waals surface area contributed by atoms with Gasteiger partial charge in [0.25, 0.3) is 0 Å². The Morgan fingerprint density at radius 1 is 1.16 bits per heavy atom. The molecule has 0 aromatic heterocycles. The molecule has 1 aliphatic carbocycles. The topological polar surface area (TPSA) is 24.5 Å². The third kappa shape index (κ3) is 6.24. The molecule has 1 saturated heterocycles. The summed E-state index contributed by atoms with van der Waals surface area (Å²) in [5.74, 6) is 0.755. The summed E-state index contributed by atoms with van der Waals surface area (Å²) in [5.41, 5.74) is 0. The largest absolute Gasteiger partial charge is 0.380 e. The van der Waals surface area contributed by atoms with Crippen molar-refractivity contribution in [1.82, 2.24) is 10.2 Å². The molecule has 19 heavy (non-hydrogen) atoms. The Bertz CT molecular complexity index is 241. The van der Waals surface area contributed by atoms with Gasteiger partial charge in [0.1, 0.15) is 0 Å². The van der Waals surface area contributed by atoms with Gasteiger partial charge in [-0.1, -0.05) is 20.3 Å². The van der Waals surface area contributed by atoms with Crippen LogP contribution in [0.1, 0.15) is 52.4 Å². The zero-order valence-electron chi connectivity index (χ0n) is 12.9. The van der Waals surface area contributed by atoms with E-state index < -0.39 is 0 Å². The first-order valence-electron chi connectivity index (χ1n) is 8.31. The molecule has 0 aromatic carbocycles. The van der Waals surface area contributed by atoms with Crippen LogP contribution in [0.15, 0.2) is 0 Å².